The van der Waals surface area contributed by atoms with E-state index in [1.54, 1.807) is 13.2 Å². The highest BCUT2D eigenvalue weighted by atomic mass is 19.1. The van der Waals surface area contributed by atoms with Crippen molar-refractivity contribution < 1.29 is 9.18 Å². The predicted octanol–water partition coefficient (Wildman–Crippen LogP) is 0.837. The van der Waals surface area contributed by atoms with Crippen LogP contribution in [0.4, 0.5) is 4.39 Å². The molecule has 0 aliphatic rings. The van der Waals surface area contributed by atoms with E-state index in [0.29, 0.717) is 5.56 Å². The van der Waals surface area contributed by atoms with E-state index in [-0.39, 0.29) is 5.56 Å². The Morgan fingerprint density at radius 2 is 2.29 bits per heavy atom. The third-order valence-electron chi connectivity index (χ3n) is 2.40. The maximum absolute atomic E-state index is 13.4. The summed E-state index contributed by atoms with van der Waals surface area (Å²) in [5.74, 6) is -1.16. The van der Waals surface area contributed by atoms with Gasteiger partial charge in [0, 0.05) is 25.0 Å². The van der Waals surface area contributed by atoms with Gasteiger partial charge in [0.05, 0.1) is 24.0 Å². The summed E-state index contributed by atoms with van der Waals surface area (Å²) < 4.78 is 14.9. The zero-order valence-electron chi connectivity index (χ0n) is 9.17. The number of rotatable bonds is 3. The Morgan fingerprint density at radius 1 is 1.53 bits per heavy atom. The van der Waals surface area contributed by atoms with Crippen LogP contribution in [-0.4, -0.2) is 20.5 Å². The first-order chi connectivity index (χ1) is 8.09. The van der Waals surface area contributed by atoms with Gasteiger partial charge in [-0.15, -0.1) is 0 Å². The Hall–Kier alpha value is -2.08. The maximum atomic E-state index is 13.4. The molecule has 2 aromatic rings. The second kappa shape index (κ2) is 4.42. The summed E-state index contributed by atoms with van der Waals surface area (Å²) >= 11 is 0. The van der Waals surface area contributed by atoms with Crippen molar-refractivity contribution in [2.75, 3.05) is 0 Å². The van der Waals surface area contributed by atoms with Crippen LogP contribution in [-0.2, 0) is 7.05 Å². The number of nitrogens with zero attached hydrogens (tertiary/aromatic N) is 3. The Balaban J connectivity index is 2.30. The molecule has 0 fully saturated rings. The molecule has 0 radical (unpaired) electrons. The number of ketones is 1. The Labute approximate surface area is 97.1 Å². The normalized spacial score (nSPS) is 12.4. The van der Waals surface area contributed by atoms with Crippen molar-refractivity contribution in [3.05, 3.63) is 47.8 Å². The maximum Gasteiger partial charge on any atom is 0.187 e. The van der Waals surface area contributed by atoms with Crippen molar-refractivity contribution in [3.63, 3.8) is 0 Å². The third-order valence-corrected chi connectivity index (χ3v) is 2.40. The van der Waals surface area contributed by atoms with E-state index in [9.17, 15) is 9.18 Å². The molecule has 0 aromatic carbocycles. The lowest BCUT2D eigenvalue weighted by molar-refractivity contribution is 0.0957. The summed E-state index contributed by atoms with van der Waals surface area (Å²) in [7, 11) is 1.72. The third kappa shape index (κ3) is 2.21. The number of Topliss-reactive ketones (excluding diaryl/α,β-unsaturated/α-hetero) is 1. The molecular weight excluding hydrogens is 223 g/mol. The van der Waals surface area contributed by atoms with Gasteiger partial charge in [-0.05, 0) is 6.07 Å². The van der Waals surface area contributed by atoms with Gasteiger partial charge >= 0.3 is 0 Å². The van der Waals surface area contributed by atoms with E-state index in [2.05, 4.69) is 10.1 Å². The summed E-state index contributed by atoms with van der Waals surface area (Å²) in [4.78, 5) is 15.5. The van der Waals surface area contributed by atoms with Crippen LogP contribution in [0.5, 0.6) is 0 Å². The van der Waals surface area contributed by atoms with Crippen LogP contribution >= 0.6 is 0 Å². The topological polar surface area (TPSA) is 73.8 Å². The molecule has 2 rings (SSSR count). The van der Waals surface area contributed by atoms with Gasteiger partial charge in [-0.1, -0.05) is 0 Å². The Morgan fingerprint density at radius 3 is 2.88 bits per heavy atom. The molecule has 0 amide bonds. The van der Waals surface area contributed by atoms with Gasteiger partial charge < -0.3 is 5.73 Å². The zero-order valence-corrected chi connectivity index (χ0v) is 9.17. The lowest BCUT2D eigenvalue weighted by atomic mass is 10.0. The summed E-state index contributed by atoms with van der Waals surface area (Å²) in [5, 5.41) is 3.91. The highest BCUT2D eigenvalue weighted by Gasteiger charge is 2.21. The molecule has 2 heterocycles. The number of hydrogen-bond donors (Lipinski definition) is 1. The molecule has 2 aromatic heterocycles. The van der Waals surface area contributed by atoms with E-state index < -0.39 is 17.6 Å². The number of carbonyl (C=O) groups is 1. The first-order valence-electron chi connectivity index (χ1n) is 4.97. The highest BCUT2D eigenvalue weighted by molar-refractivity contribution is 6.00. The molecule has 0 aliphatic carbocycles. The molecule has 88 valence electrons. The number of carbonyl (C=O) groups excluding carboxylic acids is 1. The van der Waals surface area contributed by atoms with E-state index in [1.165, 1.54) is 23.1 Å². The van der Waals surface area contributed by atoms with Crippen LogP contribution in [0.2, 0.25) is 0 Å². The summed E-state index contributed by atoms with van der Waals surface area (Å²) in [6, 6.07) is 0.397. The summed E-state index contributed by atoms with van der Waals surface area (Å²) in [6.45, 7) is 0. The van der Waals surface area contributed by atoms with Crippen LogP contribution in [0.3, 0.4) is 0 Å². The summed E-state index contributed by atoms with van der Waals surface area (Å²) in [5.41, 5.74) is 6.25. The van der Waals surface area contributed by atoms with E-state index >= 15 is 0 Å². The van der Waals surface area contributed by atoms with Crippen LogP contribution < -0.4 is 5.73 Å². The van der Waals surface area contributed by atoms with Crippen LogP contribution in [0.25, 0.3) is 0 Å². The second-order valence-electron chi connectivity index (χ2n) is 3.64. The van der Waals surface area contributed by atoms with Crippen molar-refractivity contribution in [1.82, 2.24) is 14.8 Å². The van der Waals surface area contributed by atoms with Gasteiger partial charge in [0.2, 0.25) is 0 Å². The van der Waals surface area contributed by atoms with E-state index in [1.807, 2.05) is 0 Å². The van der Waals surface area contributed by atoms with E-state index in [4.69, 9.17) is 5.73 Å². The quantitative estimate of drug-likeness (QED) is 0.798. The van der Waals surface area contributed by atoms with Crippen molar-refractivity contribution in [2.45, 2.75) is 6.04 Å². The first kappa shape index (κ1) is 11.4. The van der Waals surface area contributed by atoms with Gasteiger partial charge in [-0.25, -0.2) is 4.39 Å². The molecule has 0 bridgehead atoms. The van der Waals surface area contributed by atoms with Crippen molar-refractivity contribution >= 4 is 5.78 Å². The number of pyridine rings is 1. The Bertz CT molecular complexity index is 552. The zero-order chi connectivity index (χ0) is 12.4. The van der Waals surface area contributed by atoms with Gasteiger partial charge in [-0.3, -0.25) is 14.5 Å². The number of halogens is 1. The molecule has 17 heavy (non-hydrogen) atoms. The fraction of sp³-hybridized carbons (Fsp3) is 0.182. The molecule has 2 N–H and O–H groups in total. The molecule has 1 unspecified atom stereocenters. The molecule has 1 atom stereocenters. The average molecular weight is 234 g/mol. The SMILES string of the molecule is Cn1cc(C(N)C(=O)c2ccncc2F)cn1. The largest absolute Gasteiger partial charge is 0.317 e. The second-order valence-corrected chi connectivity index (χ2v) is 3.64. The fourth-order valence-corrected chi connectivity index (χ4v) is 1.49. The van der Waals surface area contributed by atoms with Gasteiger partial charge in [-0.2, -0.15) is 5.10 Å². The standard InChI is InChI=1S/C11H11FN4O/c1-16-6-7(4-15-16)10(13)11(17)8-2-3-14-5-9(8)12/h2-6,10H,13H2,1H3. The van der Waals surface area contributed by atoms with Gasteiger partial charge in [0.1, 0.15) is 0 Å². The van der Waals surface area contributed by atoms with Crippen LogP contribution in [0, 0.1) is 5.82 Å². The smallest absolute Gasteiger partial charge is 0.187 e. The molecular formula is C11H11FN4O. The minimum atomic E-state index is -0.916. The molecule has 0 aliphatic heterocycles. The minimum absolute atomic E-state index is 0.0589. The number of aromatic nitrogens is 3. The lowest BCUT2D eigenvalue weighted by Crippen LogP contribution is -2.22. The number of aryl methyl sites for hydroxylation is 1. The van der Waals surface area contributed by atoms with Crippen LogP contribution in [0.1, 0.15) is 22.0 Å². The molecule has 5 nitrogen and oxygen atoms in total. The number of hydrogen-bond acceptors (Lipinski definition) is 4. The monoisotopic (exact) mass is 234 g/mol. The van der Waals surface area contributed by atoms with Crippen molar-refractivity contribution in [3.8, 4) is 0 Å². The van der Waals surface area contributed by atoms with Gasteiger partial charge in [0.15, 0.2) is 11.6 Å². The van der Waals surface area contributed by atoms with Crippen LogP contribution in [0.15, 0.2) is 30.9 Å². The van der Waals surface area contributed by atoms with Crippen molar-refractivity contribution in [2.24, 2.45) is 12.8 Å². The minimum Gasteiger partial charge on any atom is -0.317 e. The first-order valence-corrected chi connectivity index (χ1v) is 4.97. The predicted molar refractivity (Wildman–Crippen MR) is 58.7 cm³/mol. The highest BCUT2D eigenvalue weighted by Crippen LogP contribution is 2.16. The Kier molecular flexibility index (Phi) is 2.97. The fourth-order valence-electron chi connectivity index (χ4n) is 1.49. The number of nitrogens with two attached hydrogens (primary N) is 1. The van der Waals surface area contributed by atoms with E-state index in [0.717, 1.165) is 6.20 Å². The lowest BCUT2D eigenvalue weighted by Gasteiger charge is -2.08. The average Bonchev–Trinajstić information content (AvgIpc) is 2.75. The van der Waals surface area contributed by atoms with Crippen molar-refractivity contribution in [1.29, 1.82) is 0 Å². The molecule has 0 spiro atoms. The molecule has 0 saturated heterocycles. The molecule has 6 heteroatoms. The van der Waals surface area contributed by atoms with Gasteiger partial charge in [0.25, 0.3) is 0 Å². The molecule has 0 saturated carbocycles. The summed E-state index contributed by atoms with van der Waals surface area (Å²) in [6.07, 6.45) is 5.46.